The second-order valence-electron chi connectivity index (χ2n) is 8.21. The van der Waals surface area contributed by atoms with E-state index >= 15 is 0 Å². The van der Waals surface area contributed by atoms with Gasteiger partial charge in [-0.05, 0) is 31.5 Å². The van der Waals surface area contributed by atoms with Gasteiger partial charge in [-0.3, -0.25) is 15.0 Å². The first-order valence-corrected chi connectivity index (χ1v) is 10.8. The van der Waals surface area contributed by atoms with E-state index in [1.165, 1.54) is 28.0 Å². The molecule has 182 valence electrons. The summed E-state index contributed by atoms with van der Waals surface area (Å²) in [7, 11) is 0. The predicted octanol–water partition coefficient (Wildman–Crippen LogP) is 2.37. The molecule has 2 unspecified atom stereocenters. The molecule has 0 radical (unpaired) electrons. The molecule has 5 heterocycles. The molecule has 1 fully saturated rings. The molecule has 0 aromatic carbocycles. The minimum absolute atomic E-state index is 0.205. The van der Waals surface area contributed by atoms with Crippen LogP contribution in [-0.4, -0.2) is 68.2 Å². The number of nitrogens with zero attached hydrogens (tertiary/aromatic N) is 7. The van der Waals surface area contributed by atoms with Gasteiger partial charge >= 0.3 is 12.2 Å². The molecule has 14 heteroatoms. The maximum atomic E-state index is 13.3. The quantitative estimate of drug-likeness (QED) is 0.580. The Morgan fingerprint density at radius 3 is 2.77 bits per heavy atom. The van der Waals surface area contributed by atoms with Crippen LogP contribution in [0.2, 0.25) is 0 Å². The number of amides is 3. The van der Waals surface area contributed by atoms with Gasteiger partial charge in [-0.15, -0.1) is 5.10 Å². The van der Waals surface area contributed by atoms with E-state index in [0.717, 1.165) is 6.92 Å². The van der Waals surface area contributed by atoms with Crippen LogP contribution in [0.3, 0.4) is 0 Å². The van der Waals surface area contributed by atoms with Gasteiger partial charge in [0.05, 0.1) is 29.8 Å². The average molecular weight is 487 g/mol. The Hall–Kier alpha value is -4.23. The van der Waals surface area contributed by atoms with Crippen LogP contribution in [0.1, 0.15) is 23.8 Å². The molecular formula is C21H20F3N9O2. The molecule has 2 bridgehead atoms. The maximum Gasteiger partial charge on any atom is 0.408 e. The fraction of sp³-hybridized carbons (Fsp3) is 0.333. The van der Waals surface area contributed by atoms with E-state index < -0.39 is 24.2 Å². The average Bonchev–Trinajstić information content (AvgIpc) is 3.50. The Bertz CT molecular complexity index is 1270. The van der Waals surface area contributed by atoms with E-state index in [1.807, 2.05) is 10.2 Å². The highest BCUT2D eigenvalue weighted by molar-refractivity contribution is 6.05. The summed E-state index contributed by atoms with van der Waals surface area (Å²) in [5, 5.41) is 12.3. The third-order valence-corrected chi connectivity index (χ3v) is 5.91. The van der Waals surface area contributed by atoms with E-state index in [4.69, 9.17) is 0 Å². The van der Waals surface area contributed by atoms with Crippen LogP contribution >= 0.6 is 0 Å². The third-order valence-electron chi connectivity index (χ3n) is 5.91. The summed E-state index contributed by atoms with van der Waals surface area (Å²) in [5.41, 5.74) is 1.04. The number of hydrogen-bond donors (Lipinski definition) is 2. The second kappa shape index (κ2) is 8.52. The fourth-order valence-corrected chi connectivity index (χ4v) is 4.10. The summed E-state index contributed by atoms with van der Waals surface area (Å²) in [4.78, 5) is 37.7. The van der Waals surface area contributed by atoms with Crippen molar-refractivity contribution < 1.29 is 22.8 Å². The molecule has 3 aromatic heterocycles. The van der Waals surface area contributed by atoms with Gasteiger partial charge in [-0.2, -0.15) is 13.2 Å². The predicted molar refractivity (Wildman–Crippen MR) is 118 cm³/mol. The molecule has 2 atom stereocenters. The molecule has 3 amide bonds. The lowest BCUT2D eigenvalue weighted by Gasteiger charge is -2.35. The minimum Gasteiger partial charge on any atom is -0.366 e. The Kier molecular flexibility index (Phi) is 5.49. The van der Waals surface area contributed by atoms with Crippen molar-refractivity contribution in [2.45, 2.75) is 31.6 Å². The summed E-state index contributed by atoms with van der Waals surface area (Å²) in [6.07, 6.45) is 0.753. The number of rotatable bonds is 4. The standard InChI is InChI=1S/C21H20F3N9O2/c1-12(21(22,23)24)27-19(34)15-2-3-16-18(28-15)33(14-5-8-31(16)11-14)20(35)29-17-10-13(4-6-25-17)32-9-7-26-30-32/h2-4,6-7,9-10,12,14H,5,8,11H2,1H3,(H,27,34)(H,25,29,35). The first kappa shape index (κ1) is 22.6. The molecule has 11 nitrogen and oxygen atoms in total. The zero-order chi connectivity index (χ0) is 24.7. The summed E-state index contributed by atoms with van der Waals surface area (Å²) in [5.74, 6) is -0.512. The smallest absolute Gasteiger partial charge is 0.366 e. The van der Waals surface area contributed by atoms with Gasteiger partial charge in [0.1, 0.15) is 17.6 Å². The molecule has 2 aliphatic heterocycles. The summed E-state index contributed by atoms with van der Waals surface area (Å²) >= 11 is 0. The Balaban J connectivity index is 1.42. The van der Waals surface area contributed by atoms with Gasteiger partial charge in [0.25, 0.3) is 5.91 Å². The maximum absolute atomic E-state index is 13.3. The first-order chi connectivity index (χ1) is 16.7. The normalized spacial score (nSPS) is 17.7. The molecule has 0 saturated carbocycles. The molecule has 35 heavy (non-hydrogen) atoms. The van der Waals surface area contributed by atoms with Crippen molar-refractivity contribution in [3.8, 4) is 5.69 Å². The van der Waals surface area contributed by atoms with E-state index in [9.17, 15) is 22.8 Å². The summed E-state index contributed by atoms with van der Waals surface area (Å²) in [6.45, 7) is 2.10. The number of alkyl halides is 3. The van der Waals surface area contributed by atoms with Crippen LogP contribution in [0.4, 0.5) is 35.3 Å². The molecular weight excluding hydrogens is 467 g/mol. The van der Waals surface area contributed by atoms with Gasteiger partial charge in [-0.1, -0.05) is 5.21 Å². The van der Waals surface area contributed by atoms with Crippen LogP contribution in [0.25, 0.3) is 5.69 Å². The monoisotopic (exact) mass is 487 g/mol. The van der Waals surface area contributed by atoms with E-state index in [2.05, 4.69) is 25.6 Å². The largest absolute Gasteiger partial charge is 0.408 e. The van der Waals surface area contributed by atoms with Crippen LogP contribution in [-0.2, 0) is 0 Å². The van der Waals surface area contributed by atoms with Crippen molar-refractivity contribution in [1.29, 1.82) is 0 Å². The van der Waals surface area contributed by atoms with Gasteiger partial charge in [0.15, 0.2) is 5.82 Å². The molecule has 2 N–H and O–H groups in total. The van der Waals surface area contributed by atoms with Gasteiger partial charge in [0, 0.05) is 25.4 Å². The fourth-order valence-electron chi connectivity index (χ4n) is 4.10. The number of hydrogen-bond acceptors (Lipinski definition) is 7. The Morgan fingerprint density at radius 1 is 1.20 bits per heavy atom. The number of urea groups is 1. The lowest BCUT2D eigenvalue weighted by Crippen LogP contribution is -2.49. The van der Waals surface area contributed by atoms with Crippen molar-refractivity contribution in [1.82, 2.24) is 30.3 Å². The summed E-state index contributed by atoms with van der Waals surface area (Å²) < 4.78 is 40.2. The SMILES string of the molecule is CC(NC(=O)c1ccc2c(n1)N(C(=O)Nc1cc(-n3ccnn3)ccn1)C1CCN2C1)C(F)(F)F. The van der Waals surface area contributed by atoms with Crippen molar-refractivity contribution >= 4 is 29.3 Å². The highest BCUT2D eigenvalue weighted by atomic mass is 19.4. The van der Waals surface area contributed by atoms with Crippen LogP contribution in [0.5, 0.6) is 0 Å². The minimum atomic E-state index is -4.59. The Morgan fingerprint density at radius 2 is 2.03 bits per heavy atom. The molecule has 3 aromatic rings. The molecule has 5 rings (SSSR count). The number of fused-ring (bicyclic) bond motifs is 4. The molecule has 2 aliphatic rings. The molecule has 0 aliphatic carbocycles. The van der Waals surface area contributed by atoms with Gasteiger partial charge in [-0.25, -0.2) is 19.4 Å². The summed E-state index contributed by atoms with van der Waals surface area (Å²) in [6, 6.07) is 3.49. The zero-order valence-corrected chi connectivity index (χ0v) is 18.4. The number of pyridine rings is 2. The lowest BCUT2D eigenvalue weighted by molar-refractivity contribution is -0.149. The number of carbonyl (C=O) groups excluding carboxylic acids is 2. The van der Waals surface area contributed by atoms with Gasteiger partial charge in [0.2, 0.25) is 0 Å². The topological polar surface area (TPSA) is 121 Å². The van der Waals surface area contributed by atoms with Crippen LogP contribution < -0.4 is 20.4 Å². The van der Waals surface area contributed by atoms with Crippen LogP contribution in [0.15, 0.2) is 42.9 Å². The highest BCUT2D eigenvalue weighted by Crippen LogP contribution is 2.39. The number of nitrogens with one attached hydrogen (secondary N) is 2. The number of aromatic nitrogens is 5. The van der Waals surface area contributed by atoms with Crippen molar-refractivity contribution in [2.24, 2.45) is 0 Å². The third kappa shape index (κ3) is 4.34. The van der Waals surface area contributed by atoms with E-state index in [1.54, 1.807) is 24.4 Å². The number of anilines is 3. The van der Waals surface area contributed by atoms with Crippen molar-refractivity contribution in [3.63, 3.8) is 0 Å². The Labute approximate surface area is 196 Å². The molecule has 0 spiro atoms. The van der Waals surface area contributed by atoms with Crippen molar-refractivity contribution in [2.75, 3.05) is 28.2 Å². The lowest BCUT2D eigenvalue weighted by atomic mass is 10.1. The second-order valence-corrected chi connectivity index (χ2v) is 8.21. The van der Waals surface area contributed by atoms with E-state index in [-0.39, 0.29) is 23.4 Å². The van der Waals surface area contributed by atoms with Gasteiger partial charge < -0.3 is 10.2 Å². The number of halogens is 3. The van der Waals surface area contributed by atoms with E-state index in [0.29, 0.717) is 30.9 Å². The zero-order valence-electron chi connectivity index (χ0n) is 18.4. The first-order valence-electron chi connectivity index (χ1n) is 10.8. The number of carbonyl (C=O) groups is 2. The molecule has 1 saturated heterocycles. The highest BCUT2D eigenvalue weighted by Gasteiger charge is 2.41. The van der Waals surface area contributed by atoms with Crippen molar-refractivity contribution in [3.05, 3.63) is 48.5 Å². The van der Waals surface area contributed by atoms with Crippen LogP contribution in [0, 0.1) is 0 Å².